The van der Waals surface area contributed by atoms with Crippen molar-refractivity contribution in [2.45, 2.75) is 31.9 Å². The van der Waals surface area contributed by atoms with E-state index in [9.17, 15) is 22.8 Å². The summed E-state index contributed by atoms with van der Waals surface area (Å²) in [5, 5.41) is 16.0. The number of aromatic nitrogens is 4. The van der Waals surface area contributed by atoms with Gasteiger partial charge < -0.3 is 23.7 Å². The van der Waals surface area contributed by atoms with E-state index in [0.29, 0.717) is 17.3 Å². The van der Waals surface area contributed by atoms with Gasteiger partial charge in [0.15, 0.2) is 0 Å². The number of carboxylic acids is 1. The number of carboxylic acid groups (broad SMARTS) is 1. The Morgan fingerprint density at radius 1 is 1.06 bits per heavy atom. The largest absolute Gasteiger partial charge is 0.481 e. The molecule has 2 aromatic heterocycles. The van der Waals surface area contributed by atoms with Crippen LogP contribution in [-0.2, 0) is 21.2 Å². The third-order valence-electron chi connectivity index (χ3n) is 5.89. The highest BCUT2D eigenvalue weighted by Crippen LogP contribution is 2.33. The van der Waals surface area contributed by atoms with E-state index in [1.54, 1.807) is 4.72 Å². The molecule has 3 N–H and O–H groups in total. The first kappa shape index (κ1) is 38.1. The smallest absolute Gasteiger partial charge is 0.442 e. The van der Waals surface area contributed by atoms with Gasteiger partial charge in [0.05, 0.1) is 47.3 Å². The highest BCUT2D eigenvalue weighted by molar-refractivity contribution is 7.89. The number of amides is 2. The fourth-order valence-corrected chi connectivity index (χ4v) is 5.26. The van der Waals surface area contributed by atoms with Gasteiger partial charge in [-0.1, -0.05) is 68.1 Å². The first-order valence-electron chi connectivity index (χ1n) is 13.7. The zero-order chi connectivity index (χ0) is 36.5. The number of carbonyl (C=O) groups excluding carboxylic acids is 1. The van der Waals surface area contributed by atoms with Crippen molar-refractivity contribution in [1.29, 1.82) is 0 Å². The van der Waals surface area contributed by atoms with Crippen molar-refractivity contribution in [2.24, 2.45) is 0 Å². The highest BCUT2D eigenvalue weighted by atomic mass is 35.5. The van der Waals surface area contributed by atoms with E-state index in [1.165, 1.54) is 56.7 Å². The van der Waals surface area contributed by atoms with E-state index in [0.717, 1.165) is 4.68 Å². The predicted molar refractivity (Wildman–Crippen MR) is 178 cm³/mol. The summed E-state index contributed by atoms with van der Waals surface area (Å²) in [7, 11) is -1.50. The molecule has 0 saturated carbocycles. The van der Waals surface area contributed by atoms with Crippen LogP contribution >= 0.6 is 23.2 Å². The molecule has 0 atom stereocenters. The monoisotopic (exact) mass is 736 g/mol. The van der Waals surface area contributed by atoms with Crippen molar-refractivity contribution in [3.05, 3.63) is 80.1 Å². The molecule has 4 aromatic rings. The summed E-state index contributed by atoms with van der Waals surface area (Å²) in [6.45, 7) is 5.69. The SMILES string of the molecule is C#CCOc1cc(-n2nc(C(C)(C)C)oc2=O)c(Cl)cc1Cl.COc1cc(OC)nc(NC(=O)NS(=O)(=O)Cc2ccccc2C(=O)O)n1. The van der Waals surface area contributed by atoms with Crippen molar-refractivity contribution >= 4 is 51.2 Å². The molecule has 0 fully saturated rings. The van der Waals surface area contributed by atoms with Crippen molar-refractivity contribution < 1.29 is 41.7 Å². The summed E-state index contributed by atoms with van der Waals surface area (Å²) in [4.78, 5) is 42.8. The summed E-state index contributed by atoms with van der Waals surface area (Å²) in [6, 6.07) is 8.77. The summed E-state index contributed by atoms with van der Waals surface area (Å²) in [6.07, 6.45) is 5.15. The first-order chi connectivity index (χ1) is 23.0. The second-order valence-corrected chi connectivity index (χ2v) is 13.2. The molecule has 2 heterocycles. The molecule has 0 unspecified atom stereocenters. The minimum absolute atomic E-state index is 0.0320. The fraction of sp³-hybridized carbons (Fsp3) is 0.267. The maximum atomic E-state index is 12.2. The minimum Gasteiger partial charge on any atom is -0.481 e. The number of rotatable bonds is 10. The molecule has 2 aromatic carbocycles. The zero-order valence-corrected chi connectivity index (χ0v) is 28.9. The van der Waals surface area contributed by atoms with Gasteiger partial charge >= 0.3 is 17.8 Å². The maximum absolute atomic E-state index is 12.2. The molecule has 0 saturated heterocycles. The van der Waals surface area contributed by atoms with Gasteiger partial charge in [0.2, 0.25) is 33.6 Å². The van der Waals surface area contributed by atoms with Crippen LogP contribution in [0.5, 0.6) is 17.5 Å². The number of urea groups is 1. The average molecular weight is 738 g/mol. The molecule has 0 radical (unpaired) electrons. The van der Waals surface area contributed by atoms with E-state index in [1.807, 2.05) is 20.8 Å². The Balaban J connectivity index is 0.000000271. The first-order valence-corrected chi connectivity index (χ1v) is 16.1. The number of nitrogens with zero attached hydrogens (tertiary/aromatic N) is 4. The van der Waals surface area contributed by atoms with E-state index < -0.39 is 38.9 Å². The van der Waals surface area contributed by atoms with Crippen LogP contribution in [0.3, 0.4) is 0 Å². The topological polar surface area (TPSA) is 214 Å². The molecule has 2 amide bonds. The van der Waals surface area contributed by atoms with Crippen LogP contribution in [0, 0.1) is 12.3 Å². The number of ether oxygens (including phenoxy) is 3. The van der Waals surface area contributed by atoms with Crippen LogP contribution in [0.4, 0.5) is 10.7 Å². The number of hydrogen-bond acceptors (Lipinski definition) is 12. The van der Waals surface area contributed by atoms with Crippen LogP contribution in [-0.4, -0.2) is 66.1 Å². The van der Waals surface area contributed by atoms with Gasteiger partial charge in [0.25, 0.3) is 0 Å². The van der Waals surface area contributed by atoms with Gasteiger partial charge in [-0.05, 0) is 17.7 Å². The lowest BCUT2D eigenvalue weighted by atomic mass is 9.97. The molecule has 0 aliphatic rings. The molecular formula is C30H30Cl2N6O10S. The lowest BCUT2D eigenvalue weighted by molar-refractivity contribution is 0.0696. The Kier molecular flexibility index (Phi) is 12.6. The summed E-state index contributed by atoms with van der Waals surface area (Å²) >= 11 is 12.2. The van der Waals surface area contributed by atoms with Crippen LogP contribution < -0.4 is 30.0 Å². The van der Waals surface area contributed by atoms with Gasteiger partial charge in [-0.2, -0.15) is 14.6 Å². The van der Waals surface area contributed by atoms with E-state index in [4.69, 9.17) is 53.4 Å². The number of terminal acetylenes is 1. The molecule has 49 heavy (non-hydrogen) atoms. The maximum Gasteiger partial charge on any atom is 0.442 e. The number of carbonyl (C=O) groups is 2. The third-order valence-corrected chi connectivity index (χ3v) is 7.68. The van der Waals surface area contributed by atoms with Crippen molar-refractivity contribution in [2.75, 3.05) is 26.1 Å². The quantitative estimate of drug-likeness (QED) is 0.194. The number of nitrogens with one attached hydrogen (secondary N) is 2. The lowest BCUT2D eigenvalue weighted by Crippen LogP contribution is -2.36. The van der Waals surface area contributed by atoms with Crippen molar-refractivity contribution in [3.8, 4) is 35.5 Å². The summed E-state index contributed by atoms with van der Waals surface area (Å²) in [5.41, 5.74) is -0.248. The highest BCUT2D eigenvalue weighted by Gasteiger charge is 2.24. The molecule has 0 aliphatic carbocycles. The second-order valence-electron chi connectivity index (χ2n) is 10.6. The van der Waals surface area contributed by atoms with Crippen molar-refractivity contribution in [3.63, 3.8) is 0 Å². The van der Waals surface area contributed by atoms with Gasteiger partial charge in [0.1, 0.15) is 12.4 Å². The van der Waals surface area contributed by atoms with E-state index in [2.05, 4.69) is 26.3 Å². The molecule has 19 heteroatoms. The second kappa shape index (κ2) is 16.2. The van der Waals surface area contributed by atoms with Gasteiger partial charge in [-0.25, -0.2) is 27.5 Å². The van der Waals surface area contributed by atoms with Crippen molar-refractivity contribution in [1.82, 2.24) is 24.5 Å². The molecule has 0 spiro atoms. The molecule has 260 valence electrons. The van der Waals surface area contributed by atoms with Crippen LogP contribution in [0.2, 0.25) is 10.0 Å². The van der Waals surface area contributed by atoms with Crippen LogP contribution in [0.15, 0.2) is 51.7 Å². The minimum atomic E-state index is -4.18. The zero-order valence-electron chi connectivity index (χ0n) is 26.6. The standard InChI is InChI=1S/C15H14Cl2N2O3.C15H16N4O7S/c1-5-6-21-12-8-11(9(16)7-10(12)17)19-14(20)22-13(18-19)15(2,3)4;1-25-11-7-12(26-2)17-14(16-11)18-15(22)19-27(23,24)8-9-5-3-4-6-10(9)13(20)21/h1,7-8H,6H2,2-4H3;3-7H,8H2,1-2H3,(H,20,21)(H2,16,17,18,19,22). The average Bonchev–Trinajstić information content (AvgIpc) is 3.42. The molecule has 0 aliphatic heterocycles. The van der Waals surface area contributed by atoms with Crippen LogP contribution in [0.25, 0.3) is 5.69 Å². The Bertz CT molecular complexity index is 2030. The number of halogens is 2. The number of benzene rings is 2. The molecule has 16 nitrogen and oxygen atoms in total. The Morgan fingerprint density at radius 2 is 1.69 bits per heavy atom. The molecular weight excluding hydrogens is 707 g/mol. The number of sulfonamides is 1. The van der Waals surface area contributed by atoms with E-state index >= 15 is 0 Å². The summed E-state index contributed by atoms with van der Waals surface area (Å²) in [5.74, 6) is 0.268. The Hall–Kier alpha value is -5.31. The van der Waals surface area contributed by atoms with E-state index in [-0.39, 0.29) is 45.5 Å². The van der Waals surface area contributed by atoms with Gasteiger partial charge in [0, 0.05) is 11.5 Å². The lowest BCUT2D eigenvalue weighted by Gasteiger charge is -2.11. The predicted octanol–water partition coefficient (Wildman–Crippen LogP) is 4.29. The van der Waals surface area contributed by atoms with Gasteiger partial charge in [-0.3, -0.25) is 5.32 Å². The van der Waals surface area contributed by atoms with Gasteiger partial charge in [-0.15, -0.1) is 11.5 Å². The third kappa shape index (κ3) is 10.6. The molecule has 0 bridgehead atoms. The normalized spacial score (nSPS) is 11.0. The molecule has 4 rings (SSSR count). The fourth-order valence-electron chi connectivity index (χ4n) is 3.68. The number of methoxy groups -OCH3 is 2. The number of hydrogen-bond donors (Lipinski definition) is 3. The Morgan fingerprint density at radius 3 is 2.24 bits per heavy atom. The summed E-state index contributed by atoms with van der Waals surface area (Å²) < 4.78 is 47.5. The number of anilines is 1. The number of aromatic carboxylic acids is 1. The Labute approximate surface area is 290 Å². The van der Waals surface area contributed by atoms with Crippen LogP contribution in [0.1, 0.15) is 42.6 Å².